The molecule has 0 saturated heterocycles. The lowest BCUT2D eigenvalue weighted by Crippen LogP contribution is -1.97. The van der Waals surface area contributed by atoms with Crippen LogP contribution in [0.1, 0.15) is 13.3 Å². The zero-order valence-electron chi connectivity index (χ0n) is 6.26. The molecule has 0 spiro atoms. The van der Waals surface area contributed by atoms with Crippen molar-refractivity contribution in [3.05, 3.63) is 11.6 Å². The van der Waals surface area contributed by atoms with Gasteiger partial charge in [-0.25, -0.2) is 4.79 Å². The van der Waals surface area contributed by atoms with E-state index in [0.29, 0.717) is 6.61 Å². The fourth-order valence-corrected chi connectivity index (χ4v) is 0.606. The first-order chi connectivity index (χ1) is 4.70. The van der Waals surface area contributed by atoms with Crippen molar-refractivity contribution in [3.63, 3.8) is 0 Å². The number of rotatable bonds is 4. The van der Waals surface area contributed by atoms with Gasteiger partial charge in [0.15, 0.2) is 0 Å². The van der Waals surface area contributed by atoms with Crippen molar-refractivity contribution in [1.82, 2.24) is 0 Å². The second kappa shape index (κ2) is 4.99. The van der Waals surface area contributed by atoms with E-state index in [4.69, 9.17) is 9.84 Å². The van der Waals surface area contributed by atoms with Crippen LogP contribution in [0, 0.1) is 0 Å². The van der Waals surface area contributed by atoms with E-state index in [1.54, 1.807) is 7.11 Å². The number of carbonyl (C=O) groups is 1. The van der Waals surface area contributed by atoms with Crippen LogP contribution >= 0.6 is 0 Å². The molecule has 0 heterocycles. The maximum absolute atomic E-state index is 10.1. The summed E-state index contributed by atoms with van der Waals surface area (Å²) in [7, 11) is 1.55. The molecule has 0 rings (SSSR count). The van der Waals surface area contributed by atoms with E-state index >= 15 is 0 Å². The van der Waals surface area contributed by atoms with Gasteiger partial charge in [0.25, 0.3) is 0 Å². The third kappa shape index (κ3) is 4.09. The second-order valence-corrected chi connectivity index (χ2v) is 1.93. The monoisotopic (exact) mass is 144 g/mol. The topological polar surface area (TPSA) is 46.5 Å². The van der Waals surface area contributed by atoms with Crippen molar-refractivity contribution in [3.8, 4) is 0 Å². The Morgan fingerprint density at radius 1 is 1.70 bits per heavy atom. The molecule has 3 heteroatoms. The summed E-state index contributed by atoms with van der Waals surface area (Å²) in [6.45, 7) is 2.30. The number of hydrogen-bond acceptors (Lipinski definition) is 2. The van der Waals surface area contributed by atoms with Crippen molar-refractivity contribution < 1.29 is 14.6 Å². The Balaban J connectivity index is 3.91. The van der Waals surface area contributed by atoms with Crippen molar-refractivity contribution in [2.24, 2.45) is 0 Å². The molecule has 0 bridgehead atoms. The molecule has 0 aliphatic heterocycles. The minimum absolute atomic E-state index is 0.406. The van der Waals surface area contributed by atoms with Gasteiger partial charge in [0.05, 0.1) is 6.61 Å². The Hall–Kier alpha value is -0.830. The fourth-order valence-electron chi connectivity index (χ4n) is 0.606. The van der Waals surface area contributed by atoms with E-state index in [1.165, 1.54) is 6.08 Å². The van der Waals surface area contributed by atoms with Gasteiger partial charge in [-0.1, -0.05) is 6.92 Å². The van der Waals surface area contributed by atoms with Crippen molar-refractivity contribution in [2.75, 3.05) is 13.7 Å². The van der Waals surface area contributed by atoms with Crippen LogP contribution in [-0.4, -0.2) is 24.8 Å². The average molecular weight is 144 g/mol. The molecule has 0 atom stereocenters. The highest BCUT2D eigenvalue weighted by molar-refractivity contribution is 5.80. The van der Waals surface area contributed by atoms with Gasteiger partial charge in [-0.3, -0.25) is 0 Å². The second-order valence-electron chi connectivity index (χ2n) is 1.93. The smallest absolute Gasteiger partial charge is 0.328 e. The SMILES string of the molecule is CCC(=CC(=O)O)COC. The molecule has 1 N–H and O–H groups in total. The average Bonchev–Trinajstić information content (AvgIpc) is 1.86. The molecule has 0 fully saturated rings. The molecule has 0 unspecified atom stereocenters. The Morgan fingerprint density at radius 3 is 2.60 bits per heavy atom. The van der Waals surface area contributed by atoms with E-state index in [0.717, 1.165) is 12.0 Å². The Bertz CT molecular complexity index is 138. The summed E-state index contributed by atoms with van der Waals surface area (Å²) in [4.78, 5) is 10.1. The minimum atomic E-state index is -0.908. The van der Waals surface area contributed by atoms with E-state index in [9.17, 15) is 4.79 Å². The van der Waals surface area contributed by atoms with Gasteiger partial charge in [0.1, 0.15) is 0 Å². The highest BCUT2D eigenvalue weighted by atomic mass is 16.5. The van der Waals surface area contributed by atoms with Gasteiger partial charge >= 0.3 is 5.97 Å². The van der Waals surface area contributed by atoms with Crippen LogP contribution in [0.25, 0.3) is 0 Å². The van der Waals surface area contributed by atoms with Crippen LogP contribution < -0.4 is 0 Å². The molecule has 10 heavy (non-hydrogen) atoms. The highest BCUT2D eigenvalue weighted by Gasteiger charge is 1.95. The van der Waals surface area contributed by atoms with Crippen LogP contribution in [0.3, 0.4) is 0 Å². The van der Waals surface area contributed by atoms with Gasteiger partial charge < -0.3 is 9.84 Å². The summed E-state index contributed by atoms with van der Waals surface area (Å²) in [5.41, 5.74) is 0.801. The lowest BCUT2D eigenvalue weighted by Gasteiger charge is -1.99. The quantitative estimate of drug-likeness (QED) is 0.600. The third-order valence-electron chi connectivity index (χ3n) is 1.11. The van der Waals surface area contributed by atoms with Gasteiger partial charge in [-0.2, -0.15) is 0 Å². The van der Waals surface area contributed by atoms with Crippen molar-refractivity contribution in [1.29, 1.82) is 0 Å². The summed E-state index contributed by atoms with van der Waals surface area (Å²) < 4.78 is 4.76. The molecule has 0 aromatic carbocycles. The zero-order valence-corrected chi connectivity index (χ0v) is 6.26. The standard InChI is InChI=1S/C7H12O3/c1-3-6(5-10-2)4-7(8)9/h4H,3,5H2,1-2H3,(H,8,9). The summed E-state index contributed by atoms with van der Waals surface area (Å²) in [6.07, 6.45) is 1.91. The Kier molecular flexibility index (Phi) is 4.58. The first-order valence-corrected chi connectivity index (χ1v) is 3.12. The summed E-state index contributed by atoms with van der Waals surface area (Å²) >= 11 is 0. The number of aliphatic carboxylic acids is 1. The minimum Gasteiger partial charge on any atom is -0.478 e. The maximum atomic E-state index is 10.1. The molecule has 0 aromatic heterocycles. The van der Waals surface area contributed by atoms with E-state index in [-0.39, 0.29) is 0 Å². The third-order valence-corrected chi connectivity index (χ3v) is 1.11. The molecule has 0 saturated carbocycles. The highest BCUT2D eigenvalue weighted by Crippen LogP contribution is 1.99. The predicted molar refractivity (Wildman–Crippen MR) is 37.9 cm³/mol. The summed E-state index contributed by atoms with van der Waals surface area (Å²) in [5, 5.41) is 8.31. The van der Waals surface area contributed by atoms with Gasteiger partial charge in [0, 0.05) is 13.2 Å². The zero-order chi connectivity index (χ0) is 7.98. The maximum Gasteiger partial charge on any atom is 0.328 e. The van der Waals surface area contributed by atoms with Crippen molar-refractivity contribution >= 4 is 5.97 Å². The van der Waals surface area contributed by atoms with E-state index in [1.807, 2.05) is 6.92 Å². The molecule has 0 aliphatic rings. The molecule has 0 amide bonds. The number of methoxy groups -OCH3 is 1. The van der Waals surface area contributed by atoms with E-state index in [2.05, 4.69) is 0 Å². The lowest BCUT2D eigenvalue weighted by molar-refractivity contribution is -0.131. The van der Waals surface area contributed by atoms with Crippen LogP contribution in [0.4, 0.5) is 0 Å². The molecule has 3 nitrogen and oxygen atoms in total. The number of carboxylic acids is 1. The molecule has 0 aliphatic carbocycles. The normalized spacial score (nSPS) is 11.6. The molecule has 0 radical (unpaired) electrons. The fraction of sp³-hybridized carbons (Fsp3) is 0.571. The number of hydrogen-bond donors (Lipinski definition) is 1. The first-order valence-electron chi connectivity index (χ1n) is 3.12. The van der Waals surface area contributed by atoms with E-state index < -0.39 is 5.97 Å². The van der Waals surface area contributed by atoms with Gasteiger partial charge in [0.2, 0.25) is 0 Å². The summed E-state index contributed by atoms with van der Waals surface area (Å²) in [6, 6.07) is 0. The molecule has 0 aromatic rings. The summed E-state index contributed by atoms with van der Waals surface area (Å²) in [5.74, 6) is -0.908. The molecule has 58 valence electrons. The first kappa shape index (κ1) is 9.17. The molecular formula is C7H12O3. The van der Waals surface area contributed by atoms with Crippen molar-refractivity contribution in [2.45, 2.75) is 13.3 Å². The number of carboxylic acid groups (broad SMARTS) is 1. The van der Waals surface area contributed by atoms with Crippen LogP contribution in [-0.2, 0) is 9.53 Å². The largest absolute Gasteiger partial charge is 0.478 e. The van der Waals surface area contributed by atoms with Gasteiger partial charge in [-0.05, 0) is 12.0 Å². The van der Waals surface area contributed by atoms with Gasteiger partial charge in [-0.15, -0.1) is 0 Å². The molecular weight excluding hydrogens is 132 g/mol. The van der Waals surface area contributed by atoms with Crippen LogP contribution in [0.5, 0.6) is 0 Å². The Morgan fingerprint density at radius 2 is 2.30 bits per heavy atom. The predicted octanol–water partition coefficient (Wildman–Crippen LogP) is 1.05. The Labute approximate surface area is 60.3 Å². The van der Waals surface area contributed by atoms with Crippen LogP contribution in [0.15, 0.2) is 11.6 Å². The lowest BCUT2D eigenvalue weighted by atomic mass is 10.2. The van der Waals surface area contributed by atoms with Crippen LogP contribution in [0.2, 0.25) is 0 Å². The number of ether oxygens (including phenoxy) is 1.